The Bertz CT molecular complexity index is 224. The molecule has 14 heavy (non-hydrogen) atoms. The fraction of sp³-hybridized carbons (Fsp3) is 0.889. The Balaban J connectivity index is 1.76. The topological polar surface area (TPSA) is 53.2 Å². The Morgan fingerprint density at radius 1 is 1.50 bits per heavy atom. The van der Waals surface area contributed by atoms with E-state index in [1.165, 1.54) is 0 Å². The minimum Gasteiger partial charge on any atom is -0.353 e. The third-order valence-electron chi connectivity index (χ3n) is 2.93. The molecule has 0 aliphatic carbocycles. The van der Waals surface area contributed by atoms with Gasteiger partial charge in [-0.2, -0.15) is 0 Å². The van der Waals surface area contributed by atoms with Gasteiger partial charge in [-0.05, 0) is 6.54 Å². The molecule has 3 N–H and O–H groups in total. The van der Waals surface area contributed by atoms with E-state index in [0.717, 1.165) is 13.1 Å². The van der Waals surface area contributed by atoms with Crippen LogP contribution in [0.15, 0.2) is 0 Å². The second-order valence-electron chi connectivity index (χ2n) is 4.13. The lowest BCUT2D eigenvalue weighted by Crippen LogP contribution is -2.52. The fourth-order valence-electron chi connectivity index (χ4n) is 1.74. The second kappa shape index (κ2) is 3.82. The van der Waals surface area contributed by atoms with Gasteiger partial charge in [-0.25, -0.2) is 4.39 Å². The molecule has 0 bridgehead atoms. The van der Waals surface area contributed by atoms with E-state index in [2.05, 4.69) is 16.0 Å². The zero-order valence-electron chi connectivity index (χ0n) is 8.11. The lowest BCUT2D eigenvalue weighted by atomic mass is 10.0. The molecule has 2 fully saturated rings. The SMILES string of the molecule is O=C(NCC1CNC1)C1(F)CCNC1. The molecule has 0 aromatic rings. The maximum atomic E-state index is 13.8. The summed E-state index contributed by atoms with van der Waals surface area (Å²) in [5.41, 5.74) is -1.67. The zero-order chi connectivity index (χ0) is 10.0. The zero-order valence-corrected chi connectivity index (χ0v) is 8.11. The summed E-state index contributed by atoms with van der Waals surface area (Å²) in [4.78, 5) is 11.5. The predicted octanol–water partition coefficient (Wildman–Crippen LogP) is -0.976. The maximum absolute atomic E-state index is 13.8. The summed E-state index contributed by atoms with van der Waals surface area (Å²) in [5, 5.41) is 8.64. The Kier molecular flexibility index (Phi) is 2.69. The number of hydrogen-bond donors (Lipinski definition) is 3. The number of rotatable bonds is 3. The fourth-order valence-corrected chi connectivity index (χ4v) is 1.74. The quantitative estimate of drug-likeness (QED) is 0.550. The number of halogens is 1. The normalized spacial score (nSPS) is 32.6. The van der Waals surface area contributed by atoms with Crippen LogP contribution in [0.5, 0.6) is 0 Å². The molecule has 0 saturated carbocycles. The molecule has 2 rings (SSSR count). The molecule has 0 aromatic heterocycles. The predicted molar refractivity (Wildman–Crippen MR) is 50.7 cm³/mol. The van der Waals surface area contributed by atoms with Crippen molar-refractivity contribution in [2.45, 2.75) is 12.1 Å². The van der Waals surface area contributed by atoms with Gasteiger partial charge < -0.3 is 16.0 Å². The van der Waals surface area contributed by atoms with Crippen LogP contribution in [0.4, 0.5) is 4.39 Å². The maximum Gasteiger partial charge on any atom is 0.259 e. The summed E-state index contributed by atoms with van der Waals surface area (Å²) in [6, 6.07) is 0. The summed E-state index contributed by atoms with van der Waals surface area (Å²) in [5.74, 6) is 0.0336. The van der Waals surface area contributed by atoms with Crippen molar-refractivity contribution in [1.29, 1.82) is 0 Å². The third kappa shape index (κ3) is 1.88. The van der Waals surface area contributed by atoms with E-state index in [4.69, 9.17) is 0 Å². The van der Waals surface area contributed by atoms with Crippen molar-refractivity contribution in [3.63, 3.8) is 0 Å². The largest absolute Gasteiger partial charge is 0.353 e. The van der Waals surface area contributed by atoms with Crippen LogP contribution in [0.1, 0.15) is 6.42 Å². The summed E-state index contributed by atoms with van der Waals surface area (Å²) < 4.78 is 13.8. The van der Waals surface area contributed by atoms with E-state index in [0.29, 0.717) is 25.4 Å². The van der Waals surface area contributed by atoms with Gasteiger partial charge in [0.05, 0.1) is 0 Å². The van der Waals surface area contributed by atoms with Gasteiger partial charge in [-0.1, -0.05) is 0 Å². The van der Waals surface area contributed by atoms with Crippen molar-refractivity contribution in [2.75, 3.05) is 32.7 Å². The molecule has 1 atom stereocenters. The molecule has 2 heterocycles. The molecule has 2 aliphatic heterocycles. The number of carbonyl (C=O) groups is 1. The first kappa shape index (κ1) is 9.86. The van der Waals surface area contributed by atoms with Crippen molar-refractivity contribution in [3.8, 4) is 0 Å². The van der Waals surface area contributed by atoms with E-state index in [-0.39, 0.29) is 6.54 Å². The van der Waals surface area contributed by atoms with Gasteiger partial charge in [0, 0.05) is 38.5 Å². The number of carbonyl (C=O) groups excluding carboxylic acids is 1. The van der Waals surface area contributed by atoms with Crippen LogP contribution >= 0.6 is 0 Å². The third-order valence-corrected chi connectivity index (χ3v) is 2.93. The molecule has 2 aliphatic rings. The average molecular weight is 201 g/mol. The van der Waals surface area contributed by atoms with E-state index >= 15 is 0 Å². The van der Waals surface area contributed by atoms with Crippen LogP contribution in [0, 0.1) is 5.92 Å². The number of nitrogens with one attached hydrogen (secondary N) is 3. The highest BCUT2D eigenvalue weighted by molar-refractivity contribution is 5.85. The van der Waals surface area contributed by atoms with Crippen molar-refractivity contribution in [3.05, 3.63) is 0 Å². The summed E-state index contributed by atoms with van der Waals surface area (Å²) in [7, 11) is 0. The first-order chi connectivity index (χ1) is 6.71. The Morgan fingerprint density at radius 3 is 2.79 bits per heavy atom. The molecule has 5 heteroatoms. The number of hydrogen-bond acceptors (Lipinski definition) is 3. The van der Waals surface area contributed by atoms with Gasteiger partial charge in [0.2, 0.25) is 5.67 Å². The van der Waals surface area contributed by atoms with Crippen LogP contribution < -0.4 is 16.0 Å². The van der Waals surface area contributed by atoms with Crippen LogP contribution in [-0.4, -0.2) is 44.3 Å². The molecule has 2 saturated heterocycles. The Morgan fingerprint density at radius 2 is 2.29 bits per heavy atom. The highest BCUT2D eigenvalue weighted by Crippen LogP contribution is 2.19. The molecule has 1 unspecified atom stereocenters. The number of amides is 1. The molecule has 80 valence electrons. The monoisotopic (exact) mass is 201 g/mol. The highest BCUT2D eigenvalue weighted by atomic mass is 19.1. The van der Waals surface area contributed by atoms with E-state index in [1.54, 1.807) is 0 Å². The standard InChI is InChI=1S/C9H16FN3O/c10-9(1-2-11-6-9)8(14)13-5-7-3-12-4-7/h7,11-12H,1-6H2,(H,13,14). The van der Waals surface area contributed by atoms with Crippen molar-refractivity contribution < 1.29 is 9.18 Å². The van der Waals surface area contributed by atoms with Gasteiger partial charge in [0.15, 0.2) is 0 Å². The summed E-state index contributed by atoms with van der Waals surface area (Å²) >= 11 is 0. The van der Waals surface area contributed by atoms with Crippen LogP contribution in [0.2, 0.25) is 0 Å². The molecule has 0 aromatic carbocycles. The second-order valence-corrected chi connectivity index (χ2v) is 4.13. The van der Waals surface area contributed by atoms with E-state index in [1.807, 2.05) is 0 Å². The first-order valence-corrected chi connectivity index (χ1v) is 5.09. The van der Waals surface area contributed by atoms with Crippen LogP contribution in [-0.2, 0) is 4.79 Å². The van der Waals surface area contributed by atoms with Gasteiger partial charge in [0.1, 0.15) is 0 Å². The molecule has 0 radical (unpaired) electrons. The molecular formula is C9H16FN3O. The summed E-state index contributed by atoms with van der Waals surface area (Å²) in [6.07, 6.45) is 0.293. The molecule has 1 amide bonds. The van der Waals surface area contributed by atoms with Crippen molar-refractivity contribution >= 4 is 5.91 Å². The minimum atomic E-state index is -1.67. The molecule has 4 nitrogen and oxygen atoms in total. The van der Waals surface area contributed by atoms with Gasteiger partial charge in [-0.15, -0.1) is 0 Å². The average Bonchev–Trinajstić information content (AvgIpc) is 2.50. The van der Waals surface area contributed by atoms with Gasteiger partial charge in [0.25, 0.3) is 5.91 Å². The molecular weight excluding hydrogens is 185 g/mol. The van der Waals surface area contributed by atoms with Crippen LogP contribution in [0.3, 0.4) is 0 Å². The van der Waals surface area contributed by atoms with Gasteiger partial charge in [-0.3, -0.25) is 4.79 Å². The Hall–Kier alpha value is -0.680. The van der Waals surface area contributed by atoms with Crippen molar-refractivity contribution in [2.24, 2.45) is 5.92 Å². The minimum absolute atomic E-state index is 0.155. The smallest absolute Gasteiger partial charge is 0.259 e. The lowest BCUT2D eigenvalue weighted by Gasteiger charge is -2.28. The van der Waals surface area contributed by atoms with E-state index < -0.39 is 11.6 Å². The van der Waals surface area contributed by atoms with Crippen LogP contribution in [0.25, 0.3) is 0 Å². The van der Waals surface area contributed by atoms with Gasteiger partial charge >= 0.3 is 0 Å². The molecule has 0 spiro atoms. The highest BCUT2D eigenvalue weighted by Gasteiger charge is 2.41. The Labute approximate surface area is 82.6 Å². The van der Waals surface area contributed by atoms with E-state index in [9.17, 15) is 9.18 Å². The van der Waals surface area contributed by atoms with Crippen molar-refractivity contribution in [1.82, 2.24) is 16.0 Å². The summed E-state index contributed by atoms with van der Waals surface area (Å²) in [6.45, 7) is 3.20. The number of alkyl halides is 1. The lowest BCUT2D eigenvalue weighted by molar-refractivity contribution is -0.131. The first-order valence-electron chi connectivity index (χ1n) is 5.09.